The van der Waals surface area contributed by atoms with E-state index in [4.69, 9.17) is 4.74 Å². The van der Waals surface area contributed by atoms with Crippen molar-refractivity contribution in [1.82, 2.24) is 9.29 Å². The van der Waals surface area contributed by atoms with E-state index in [-0.39, 0.29) is 22.7 Å². The molecule has 1 saturated heterocycles. The van der Waals surface area contributed by atoms with Crippen LogP contribution >= 0.6 is 0 Å². The van der Waals surface area contributed by atoms with Gasteiger partial charge in [0.2, 0.25) is 10.0 Å². The van der Waals surface area contributed by atoms with Crippen LogP contribution in [0.2, 0.25) is 0 Å². The Balaban J connectivity index is 1.25. The van der Waals surface area contributed by atoms with Crippen molar-refractivity contribution in [3.05, 3.63) is 65.5 Å². The summed E-state index contributed by atoms with van der Waals surface area (Å²) < 4.78 is 33.6. The lowest BCUT2D eigenvalue weighted by atomic mass is 9.58. The minimum Gasteiger partial charge on any atom is -0.359 e. The Morgan fingerprint density at radius 2 is 1.97 bits per heavy atom. The van der Waals surface area contributed by atoms with Crippen LogP contribution in [0.25, 0.3) is 10.8 Å². The molecule has 3 aliphatic carbocycles. The zero-order valence-electron chi connectivity index (χ0n) is 21.5. The second-order valence-corrected chi connectivity index (χ2v) is 14.4. The zero-order valence-corrected chi connectivity index (χ0v) is 22.4. The van der Waals surface area contributed by atoms with Gasteiger partial charge >= 0.3 is 0 Å². The van der Waals surface area contributed by atoms with Crippen molar-refractivity contribution in [2.75, 3.05) is 13.3 Å². The number of aromatic nitrogens is 1. The van der Waals surface area contributed by atoms with Crippen LogP contribution in [0, 0.1) is 11.3 Å². The number of benzene rings is 1. The predicted octanol–water partition coefficient (Wildman–Crippen LogP) is 5.74. The predicted molar refractivity (Wildman–Crippen MR) is 142 cm³/mol. The van der Waals surface area contributed by atoms with Crippen molar-refractivity contribution in [2.45, 2.75) is 81.5 Å². The fourth-order valence-electron chi connectivity index (χ4n) is 8.83. The van der Waals surface area contributed by atoms with E-state index in [1.807, 2.05) is 12.4 Å². The molecule has 2 aliphatic heterocycles. The lowest BCUT2D eigenvalue weighted by Gasteiger charge is -2.54. The third-order valence-corrected chi connectivity index (χ3v) is 12.1. The highest BCUT2D eigenvalue weighted by Gasteiger charge is 2.66. The first-order valence-electron chi connectivity index (χ1n) is 13.5. The standard InChI is InChI=1S/C30H36N2O3S/c1-28-12-10-24-17-23-6-7-25(32(2)36(3,33)34)18-29(23)13-14-30(24,35-29)27(28)9-8-26(28)21-5-4-20-11-15-31-19-22(20)16-21/h4-5,10-11,15-17,19,25-27H,6-9,12-14,18H2,1-3H3/t25-,26+,27+,28+,29+,30+/m0/s1. The van der Waals surface area contributed by atoms with Gasteiger partial charge in [-0.15, -0.1) is 0 Å². The summed E-state index contributed by atoms with van der Waals surface area (Å²) in [6.07, 6.45) is 18.2. The lowest BCUT2D eigenvalue weighted by molar-refractivity contribution is -0.138. The van der Waals surface area contributed by atoms with Gasteiger partial charge in [0.1, 0.15) is 0 Å². The third kappa shape index (κ3) is 3.07. The van der Waals surface area contributed by atoms with Gasteiger partial charge in [-0.1, -0.05) is 31.2 Å². The Labute approximate surface area is 214 Å². The molecule has 1 aromatic carbocycles. The average Bonchev–Trinajstić information content (AvgIpc) is 3.37. The topological polar surface area (TPSA) is 59.5 Å². The molecular weight excluding hydrogens is 468 g/mol. The summed E-state index contributed by atoms with van der Waals surface area (Å²) in [5.41, 5.74) is 3.86. The average molecular weight is 505 g/mol. The molecule has 2 aromatic rings. The molecule has 7 rings (SSSR count). The number of sulfonamides is 1. The summed E-state index contributed by atoms with van der Waals surface area (Å²) in [6.45, 7) is 2.50. The Morgan fingerprint density at radius 1 is 1.11 bits per heavy atom. The van der Waals surface area contributed by atoms with Crippen molar-refractivity contribution < 1.29 is 13.2 Å². The van der Waals surface area contributed by atoms with Gasteiger partial charge in [0.05, 0.1) is 17.5 Å². The third-order valence-electron chi connectivity index (χ3n) is 10.8. The van der Waals surface area contributed by atoms with Gasteiger partial charge in [0.25, 0.3) is 0 Å². The maximum Gasteiger partial charge on any atom is 0.211 e. The van der Waals surface area contributed by atoms with Crippen LogP contribution in [0.15, 0.2) is 60.0 Å². The lowest BCUT2D eigenvalue weighted by Crippen LogP contribution is -2.55. The first kappa shape index (κ1) is 23.1. The molecule has 5 aliphatic rings. The molecule has 0 unspecified atom stereocenters. The molecule has 2 spiro atoms. The summed E-state index contributed by atoms with van der Waals surface area (Å²) in [4.78, 5) is 4.36. The SMILES string of the molecule is CN([C@H]1CCC2=CC3=CC[C@]4(C)[C@@H](c5ccc6ccncc6c5)CC[C@H]4[C@@]34CC[C@]2(C1)O4)S(C)(=O)=O. The van der Waals surface area contributed by atoms with Gasteiger partial charge in [-0.3, -0.25) is 4.98 Å². The molecule has 0 radical (unpaired) electrons. The van der Waals surface area contributed by atoms with Crippen molar-refractivity contribution in [3.8, 4) is 0 Å². The number of hydrogen-bond acceptors (Lipinski definition) is 4. The number of hydrogen-bond donors (Lipinski definition) is 0. The maximum atomic E-state index is 12.3. The highest BCUT2D eigenvalue weighted by Crippen LogP contribution is 2.69. The van der Waals surface area contributed by atoms with Crippen LogP contribution in [0.1, 0.15) is 69.8 Å². The Kier molecular flexibility index (Phi) is 4.83. The second kappa shape index (κ2) is 7.52. The molecule has 3 heterocycles. The van der Waals surface area contributed by atoms with E-state index in [2.05, 4.69) is 48.3 Å². The number of fused-ring (bicyclic) bond motifs is 2. The molecule has 6 atom stereocenters. The van der Waals surface area contributed by atoms with Crippen molar-refractivity contribution in [3.63, 3.8) is 0 Å². The number of rotatable bonds is 3. The van der Waals surface area contributed by atoms with E-state index in [0.717, 1.165) is 38.5 Å². The van der Waals surface area contributed by atoms with Gasteiger partial charge in [0, 0.05) is 30.9 Å². The van der Waals surface area contributed by atoms with Crippen LogP contribution in [0.3, 0.4) is 0 Å². The summed E-state index contributed by atoms with van der Waals surface area (Å²) in [6, 6.07) is 9.04. The first-order chi connectivity index (χ1) is 17.1. The normalized spacial score (nSPS) is 39.4. The molecule has 190 valence electrons. The second-order valence-electron chi connectivity index (χ2n) is 12.4. The molecule has 5 nitrogen and oxygen atoms in total. The minimum absolute atomic E-state index is 0.00957. The van der Waals surface area contributed by atoms with Crippen LogP contribution in [-0.4, -0.2) is 48.3 Å². The smallest absolute Gasteiger partial charge is 0.211 e. The van der Waals surface area contributed by atoms with Crippen LogP contribution in [0.4, 0.5) is 0 Å². The van der Waals surface area contributed by atoms with Crippen LogP contribution in [-0.2, 0) is 14.8 Å². The molecule has 1 aromatic heterocycles. The van der Waals surface area contributed by atoms with Gasteiger partial charge < -0.3 is 4.74 Å². The molecule has 2 saturated carbocycles. The molecule has 2 bridgehead atoms. The van der Waals surface area contributed by atoms with Crippen molar-refractivity contribution in [2.24, 2.45) is 11.3 Å². The Hall–Kier alpha value is -2.02. The van der Waals surface area contributed by atoms with Crippen LogP contribution < -0.4 is 0 Å². The summed E-state index contributed by atoms with van der Waals surface area (Å²) in [5, 5.41) is 2.46. The van der Waals surface area contributed by atoms with E-state index in [1.54, 1.807) is 11.4 Å². The first-order valence-corrected chi connectivity index (χ1v) is 15.4. The quantitative estimate of drug-likeness (QED) is 0.535. The fourth-order valence-corrected chi connectivity index (χ4v) is 9.55. The molecule has 0 amide bonds. The zero-order chi connectivity index (χ0) is 24.9. The van der Waals surface area contributed by atoms with Crippen molar-refractivity contribution >= 4 is 20.8 Å². The van der Waals surface area contributed by atoms with E-state index in [9.17, 15) is 8.42 Å². The highest BCUT2D eigenvalue weighted by molar-refractivity contribution is 7.88. The van der Waals surface area contributed by atoms with Gasteiger partial charge in [0.15, 0.2) is 0 Å². The van der Waals surface area contributed by atoms with Gasteiger partial charge in [-0.05, 0) is 103 Å². The van der Waals surface area contributed by atoms with Gasteiger partial charge in [-0.2, -0.15) is 0 Å². The van der Waals surface area contributed by atoms with E-state index >= 15 is 0 Å². The van der Waals surface area contributed by atoms with Gasteiger partial charge in [-0.25, -0.2) is 12.7 Å². The fraction of sp³-hybridized carbons (Fsp3) is 0.567. The van der Waals surface area contributed by atoms with Crippen LogP contribution in [0.5, 0.6) is 0 Å². The largest absolute Gasteiger partial charge is 0.359 e. The maximum absolute atomic E-state index is 12.3. The summed E-state index contributed by atoms with van der Waals surface area (Å²) in [5.74, 6) is 0.977. The monoisotopic (exact) mass is 504 g/mol. The van der Waals surface area contributed by atoms with E-state index in [0.29, 0.717) is 11.8 Å². The molecule has 6 heteroatoms. The van der Waals surface area contributed by atoms with E-state index < -0.39 is 10.0 Å². The van der Waals surface area contributed by atoms with Crippen molar-refractivity contribution in [1.29, 1.82) is 0 Å². The molecule has 0 N–H and O–H groups in total. The van der Waals surface area contributed by atoms with E-state index in [1.165, 1.54) is 46.6 Å². The number of ether oxygens (including phenoxy) is 1. The summed E-state index contributed by atoms with van der Waals surface area (Å²) in [7, 11) is -1.48. The highest BCUT2D eigenvalue weighted by atomic mass is 32.2. The molecule has 36 heavy (non-hydrogen) atoms. The Morgan fingerprint density at radius 3 is 2.81 bits per heavy atom. The summed E-state index contributed by atoms with van der Waals surface area (Å²) >= 11 is 0. The molecule has 3 fully saturated rings. The number of allylic oxidation sites excluding steroid dienone is 1. The Bertz CT molecular complexity index is 1430. The number of pyridine rings is 1. The molecular formula is C30H36N2O3S. The number of nitrogens with zero attached hydrogens (tertiary/aromatic N) is 2. The minimum atomic E-state index is -3.22.